The minimum Gasteiger partial charge on any atom is -0.350 e. The van der Waals surface area contributed by atoms with Gasteiger partial charge in [0.2, 0.25) is 5.91 Å². The number of amides is 3. The molecule has 3 aromatic rings. The zero-order valence-corrected chi connectivity index (χ0v) is 18.4. The summed E-state index contributed by atoms with van der Waals surface area (Å²) in [7, 11) is 0. The van der Waals surface area contributed by atoms with E-state index >= 15 is 0 Å². The van der Waals surface area contributed by atoms with E-state index in [9.17, 15) is 18.8 Å². The summed E-state index contributed by atoms with van der Waals surface area (Å²) in [5, 5.41) is 5.74. The van der Waals surface area contributed by atoms with Crippen LogP contribution in [0.4, 0.5) is 21.5 Å². The smallest absolute Gasteiger partial charge is 0.282 e. The van der Waals surface area contributed by atoms with Crippen molar-refractivity contribution >= 4 is 40.4 Å². The van der Waals surface area contributed by atoms with Gasteiger partial charge >= 0.3 is 0 Å². The second-order valence-electron chi connectivity index (χ2n) is 7.83. The summed E-state index contributed by atoms with van der Waals surface area (Å²) < 4.78 is 14.5. The molecular formula is C26H22FN3O3. The molecule has 3 aromatic carbocycles. The Morgan fingerprint density at radius 2 is 1.52 bits per heavy atom. The Balaban J connectivity index is 1.81. The monoisotopic (exact) mass is 443 g/mol. The number of hydrogen-bond donors (Lipinski definition) is 2. The Morgan fingerprint density at radius 1 is 0.848 bits per heavy atom. The molecule has 0 unspecified atom stereocenters. The van der Waals surface area contributed by atoms with Crippen LogP contribution in [0.5, 0.6) is 0 Å². The van der Waals surface area contributed by atoms with Gasteiger partial charge in [-0.2, -0.15) is 0 Å². The average Bonchev–Trinajstić information content (AvgIpc) is 3.01. The number of anilines is 3. The quantitative estimate of drug-likeness (QED) is 0.556. The van der Waals surface area contributed by atoms with Crippen LogP contribution >= 0.6 is 0 Å². The molecule has 33 heavy (non-hydrogen) atoms. The molecule has 3 amide bonds. The van der Waals surface area contributed by atoms with E-state index < -0.39 is 17.6 Å². The van der Waals surface area contributed by atoms with E-state index in [4.69, 9.17) is 0 Å². The number of halogens is 1. The van der Waals surface area contributed by atoms with Crippen molar-refractivity contribution in [2.24, 2.45) is 0 Å². The van der Waals surface area contributed by atoms with E-state index in [1.807, 2.05) is 32.0 Å². The molecule has 1 aliphatic rings. The Morgan fingerprint density at radius 3 is 2.15 bits per heavy atom. The minimum atomic E-state index is -0.674. The van der Waals surface area contributed by atoms with Crippen LogP contribution in [-0.2, 0) is 14.4 Å². The molecule has 0 bridgehead atoms. The Labute approximate surface area is 190 Å². The predicted octanol–water partition coefficient (Wildman–Crippen LogP) is 4.80. The molecule has 6 nitrogen and oxygen atoms in total. The largest absolute Gasteiger partial charge is 0.350 e. The van der Waals surface area contributed by atoms with Gasteiger partial charge in [0, 0.05) is 18.3 Å². The van der Waals surface area contributed by atoms with Crippen LogP contribution in [0.3, 0.4) is 0 Å². The van der Waals surface area contributed by atoms with Crippen molar-refractivity contribution in [2.75, 3.05) is 15.5 Å². The normalized spacial score (nSPS) is 13.5. The van der Waals surface area contributed by atoms with Gasteiger partial charge in [-0.15, -0.1) is 0 Å². The maximum Gasteiger partial charge on any atom is 0.282 e. The zero-order valence-electron chi connectivity index (χ0n) is 18.4. The molecule has 4 rings (SSSR count). The third kappa shape index (κ3) is 4.25. The summed E-state index contributed by atoms with van der Waals surface area (Å²) in [5.41, 5.74) is 3.82. The molecule has 0 radical (unpaired) electrons. The lowest BCUT2D eigenvalue weighted by Crippen LogP contribution is -2.33. The number of aryl methyl sites for hydroxylation is 2. The van der Waals surface area contributed by atoms with E-state index in [-0.39, 0.29) is 22.9 Å². The summed E-state index contributed by atoms with van der Waals surface area (Å²) >= 11 is 0. The van der Waals surface area contributed by atoms with Crippen LogP contribution in [0.15, 0.2) is 72.4 Å². The summed E-state index contributed by atoms with van der Waals surface area (Å²) in [5.74, 6) is -2.18. The SMILES string of the molecule is CC(=O)Nc1ccc(C2=C(Nc3ccc(C)c(C)c3)C(=O)N(c3ccccc3F)C2=O)cc1. The van der Waals surface area contributed by atoms with Crippen molar-refractivity contribution in [1.29, 1.82) is 0 Å². The molecule has 1 heterocycles. The number of carbonyl (C=O) groups is 3. The van der Waals surface area contributed by atoms with Crippen LogP contribution in [0.2, 0.25) is 0 Å². The van der Waals surface area contributed by atoms with Crippen molar-refractivity contribution in [3.63, 3.8) is 0 Å². The Hall–Kier alpha value is -4.26. The molecular weight excluding hydrogens is 421 g/mol. The van der Waals surface area contributed by atoms with Gasteiger partial charge in [0.25, 0.3) is 11.8 Å². The van der Waals surface area contributed by atoms with Crippen LogP contribution < -0.4 is 15.5 Å². The van der Waals surface area contributed by atoms with Gasteiger partial charge in [-0.1, -0.05) is 30.3 Å². The standard InChI is InChI=1S/C26H22FN3O3/c1-15-8-11-20(14-16(15)2)29-24-23(18-9-12-19(13-10-18)28-17(3)31)25(32)30(26(24)33)22-7-5-4-6-21(22)27/h4-14,29H,1-3H3,(H,28,31). The first kappa shape index (κ1) is 22.0. The molecule has 0 saturated heterocycles. The molecule has 2 N–H and O–H groups in total. The second-order valence-corrected chi connectivity index (χ2v) is 7.83. The highest BCUT2D eigenvalue weighted by atomic mass is 19.1. The van der Waals surface area contributed by atoms with Gasteiger partial charge in [0.1, 0.15) is 11.5 Å². The number of hydrogen-bond acceptors (Lipinski definition) is 4. The number of para-hydroxylation sites is 1. The van der Waals surface area contributed by atoms with Gasteiger partial charge in [-0.3, -0.25) is 14.4 Å². The maximum absolute atomic E-state index is 14.5. The van der Waals surface area contributed by atoms with Crippen molar-refractivity contribution in [3.8, 4) is 0 Å². The lowest BCUT2D eigenvalue weighted by Gasteiger charge is -2.16. The Bertz CT molecular complexity index is 1310. The fourth-order valence-corrected chi connectivity index (χ4v) is 3.65. The van der Waals surface area contributed by atoms with E-state index in [0.717, 1.165) is 16.0 Å². The van der Waals surface area contributed by atoms with Gasteiger partial charge in [0.15, 0.2) is 0 Å². The van der Waals surface area contributed by atoms with Crippen molar-refractivity contribution in [3.05, 3.63) is 94.9 Å². The van der Waals surface area contributed by atoms with Crippen molar-refractivity contribution in [2.45, 2.75) is 20.8 Å². The van der Waals surface area contributed by atoms with Gasteiger partial charge in [0.05, 0.1) is 11.3 Å². The van der Waals surface area contributed by atoms with Crippen LogP contribution in [0.25, 0.3) is 5.57 Å². The second kappa shape index (κ2) is 8.70. The molecule has 0 fully saturated rings. The molecule has 0 atom stereocenters. The number of imide groups is 1. The molecule has 0 aliphatic carbocycles. The average molecular weight is 443 g/mol. The Kier molecular flexibility index (Phi) is 5.79. The molecule has 7 heteroatoms. The topological polar surface area (TPSA) is 78.5 Å². The highest BCUT2D eigenvalue weighted by Crippen LogP contribution is 2.35. The molecule has 0 saturated carbocycles. The third-order valence-electron chi connectivity index (χ3n) is 5.45. The first-order chi connectivity index (χ1) is 15.8. The van der Waals surface area contributed by atoms with Crippen LogP contribution in [0, 0.1) is 19.7 Å². The first-order valence-electron chi connectivity index (χ1n) is 10.4. The van der Waals surface area contributed by atoms with Gasteiger partial charge < -0.3 is 10.6 Å². The van der Waals surface area contributed by atoms with E-state index in [2.05, 4.69) is 10.6 Å². The fourth-order valence-electron chi connectivity index (χ4n) is 3.65. The minimum absolute atomic E-state index is 0.0544. The molecule has 0 aromatic heterocycles. The highest BCUT2D eigenvalue weighted by molar-refractivity contribution is 6.46. The number of nitrogens with zero attached hydrogens (tertiary/aromatic N) is 1. The van der Waals surface area contributed by atoms with Crippen molar-refractivity contribution in [1.82, 2.24) is 0 Å². The molecule has 0 spiro atoms. The van der Waals surface area contributed by atoms with Crippen LogP contribution in [0.1, 0.15) is 23.6 Å². The van der Waals surface area contributed by atoms with Crippen molar-refractivity contribution < 1.29 is 18.8 Å². The number of nitrogens with one attached hydrogen (secondary N) is 2. The fraction of sp³-hybridized carbons (Fsp3) is 0.115. The number of carbonyl (C=O) groups excluding carboxylic acids is 3. The van der Waals surface area contributed by atoms with Gasteiger partial charge in [-0.25, -0.2) is 9.29 Å². The number of rotatable bonds is 5. The van der Waals surface area contributed by atoms with E-state index in [1.165, 1.54) is 25.1 Å². The lowest BCUT2D eigenvalue weighted by molar-refractivity contribution is -0.120. The highest BCUT2D eigenvalue weighted by Gasteiger charge is 2.41. The summed E-state index contributed by atoms with van der Waals surface area (Å²) in [6.45, 7) is 5.32. The third-order valence-corrected chi connectivity index (χ3v) is 5.45. The molecule has 166 valence electrons. The predicted molar refractivity (Wildman–Crippen MR) is 126 cm³/mol. The number of benzene rings is 3. The summed E-state index contributed by atoms with van der Waals surface area (Å²) in [4.78, 5) is 39.0. The van der Waals surface area contributed by atoms with Gasteiger partial charge in [-0.05, 0) is 66.9 Å². The summed E-state index contributed by atoms with van der Waals surface area (Å²) in [6.07, 6.45) is 0. The molecule has 1 aliphatic heterocycles. The summed E-state index contributed by atoms with van der Waals surface area (Å²) in [6, 6.07) is 17.8. The maximum atomic E-state index is 14.5. The van der Waals surface area contributed by atoms with E-state index in [0.29, 0.717) is 16.9 Å². The first-order valence-corrected chi connectivity index (χ1v) is 10.4. The van der Waals surface area contributed by atoms with E-state index in [1.54, 1.807) is 30.3 Å². The zero-order chi connectivity index (χ0) is 23.7. The lowest BCUT2D eigenvalue weighted by atomic mass is 10.0. The van der Waals surface area contributed by atoms with Crippen LogP contribution in [-0.4, -0.2) is 17.7 Å².